The first kappa shape index (κ1) is 16.5. The zero-order chi connectivity index (χ0) is 15.9. The average Bonchev–Trinajstić information content (AvgIpc) is 3.01. The van der Waals surface area contributed by atoms with Crippen molar-refractivity contribution in [1.82, 2.24) is 10.9 Å². The molecule has 2 amide bonds. The molecule has 1 atom stereocenters. The van der Waals surface area contributed by atoms with Gasteiger partial charge in [-0.25, -0.2) is 4.39 Å². The van der Waals surface area contributed by atoms with Crippen LogP contribution in [0.1, 0.15) is 19.3 Å². The smallest absolute Gasteiger partial charge is 0.267 e. The van der Waals surface area contributed by atoms with E-state index in [4.69, 9.17) is 21.1 Å². The summed E-state index contributed by atoms with van der Waals surface area (Å²) in [4.78, 5) is 23.1. The predicted octanol–water partition coefficient (Wildman–Crippen LogP) is 1.57. The molecule has 0 spiro atoms. The molecular weight excluding hydrogens is 315 g/mol. The lowest BCUT2D eigenvalue weighted by molar-refractivity contribution is -0.135. The highest BCUT2D eigenvalue weighted by molar-refractivity contribution is 6.32. The summed E-state index contributed by atoms with van der Waals surface area (Å²) in [6.45, 7) is 0.602. The quantitative estimate of drug-likeness (QED) is 0.804. The molecule has 1 heterocycles. The van der Waals surface area contributed by atoms with E-state index in [1.807, 2.05) is 0 Å². The highest BCUT2D eigenvalue weighted by atomic mass is 35.5. The van der Waals surface area contributed by atoms with Crippen LogP contribution in [0.25, 0.3) is 0 Å². The number of benzene rings is 1. The first-order chi connectivity index (χ1) is 10.6. The molecular formula is C14H16ClFN2O4. The third kappa shape index (κ3) is 4.85. The normalized spacial score (nSPS) is 17.1. The van der Waals surface area contributed by atoms with Crippen molar-refractivity contribution in [2.75, 3.05) is 13.2 Å². The zero-order valence-corrected chi connectivity index (χ0v) is 12.5. The number of nitrogens with one attached hydrogen (secondary N) is 2. The first-order valence-corrected chi connectivity index (χ1v) is 7.22. The van der Waals surface area contributed by atoms with Gasteiger partial charge in [-0.05, 0) is 31.0 Å². The lowest BCUT2D eigenvalue weighted by Gasteiger charge is -2.12. The van der Waals surface area contributed by atoms with Crippen LogP contribution in [0.5, 0.6) is 5.75 Å². The maximum atomic E-state index is 12.8. The number of hydrogen-bond acceptors (Lipinski definition) is 4. The molecule has 0 aliphatic carbocycles. The van der Waals surface area contributed by atoms with Crippen molar-refractivity contribution in [1.29, 1.82) is 0 Å². The molecule has 0 saturated carbocycles. The Hall–Kier alpha value is -1.86. The van der Waals surface area contributed by atoms with Crippen molar-refractivity contribution >= 4 is 23.4 Å². The van der Waals surface area contributed by atoms with E-state index in [1.54, 1.807) is 0 Å². The Bertz CT molecular complexity index is 550. The molecule has 1 aromatic carbocycles. The second-order valence-electron chi connectivity index (χ2n) is 4.71. The molecule has 6 nitrogen and oxygen atoms in total. The Kier molecular flexibility index (Phi) is 5.97. The number of amides is 2. The van der Waals surface area contributed by atoms with Gasteiger partial charge in [0.25, 0.3) is 5.91 Å². The molecule has 22 heavy (non-hydrogen) atoms. The number of carbonyl (C=O) groups excluding carboxylic acids is 2. The molecule has 2 N–H and O–H groups in total. The molecule has 1 unspecified atom stereocenters. The van der Waals surface area contributed by atoms with E-state index >= 15 is 0 Å². The third-order valence-corrected chi connectivity index (χ3v) is 3.32. The highest BCUT2D eigenvalue weighted by Crippen LogP contribution is 2.24. The van der Waals surface area contributed by atoms with Gasteiger partial charge >= 0.3 is 0 Å². The van der Waals surface area contributed by atoms with Crippen molar-refractivity contribution in [2.45, 2.75) is 25.4 Å². The summed E-state index contributed by atoms with van der Waals surface area (Å²) < 4.78 is 23.3. The van der Waals surface area contributed by atoms with Gasteiger partial charge < -0.3 is 9.47 Å². The highest BCUT2D eigenvalue weighted by Gasteiger charge is 2.23. The number of hydrazine groups is 1. The maximum Gasteiger partial charge on any atom is 0.267 e. The number of halogens is 2. The van der Waals surface area contributed by atoms with Crippen LogP contribution in [0, 0.1) is 5.82 Å². The van der Waals surface area contributed by atoms with Crippen LogP contribution >= 0.6 is 11.6 Å². The Balaban J connectivity index is 1.66. The van der Waals surface area contributed by atoms with E-state index in [0.717, 1.165) is 12.5 Å². The fourth-order valence-corrected chi connectivity index (χ4v) is 2.13. The Morgan fingerprint density at radius 2 is 2.23 bits per heavy atom. The zero-order valence-electron chi connectivity index (χ0n) is 11.7. The van der Waals surface area contributed by atoms with Crippen LogP contribution in [-0.4, -0.2) is 31.1 Å². The van der Waals surface area contributed by atoms with Crippen LogP contribution in [-0.2, 0) is 14.3 Å². The van der Waals surface area contributed by atoms with Gasteiger partial charge in [0.05, 0.1) is 18.1 Å². The Morgan fingerprint density at radius 1 is 1.41 bits per heavy atom. The van der Waals surface area contributed by atoms with Gasteiger partial charge in [0.2, 0.25) is 5.91 Å². The van der Waals surface area contributed by atoms with Gasteiger partial charge in [-0.3, -0.25) is 20.4 Å². The van der Waals surface area contributed by atoms with Gasteiger partial charge in [-0.1, -0.05) is 11.6 Å². The summed E-state index contributed by atoms with van der Waals surface area (Å²) in [7, 11) is 0. The summed E-state index contributed by atoms with van der Waals surface area (Å²) in [5.74, 6) is -0.955. The van der Waals surface area contributed by atoms with E-state index in [0.29, 0.717) is 18.8 Å². The summed E-state index contributed by atoms with van der Waals surface area (Å²) in [6.07, 6.45) is 0.987. The standard InChI is InChI=1S/C14H16ClFN2O4/c15-10-8-9(16)3-4-11(10)22-7-5-13(19)17-18-14(20)12-2-1-6-21-12/h3-4,8,12H,1-2,5-7H2,(H,17,19)(H,18,20). The third-order valence-electron chi connectivity index (χ3n) is 3.03. The second kappa shape index (κ2) is 7.95. The van der Waals surface area contributed by atoms with E-state index < -0.39 is 17.8 Å². The van der Waals surface area contributed by atoms with Crippen molar-refractivity contribution < 1.29 is 23.5 Å². The van der Waals surface area contributed by atoms with Crippen LogP contribution in [0.3, 0.4) is 0 Å². The number of carbonyl (C=O) groups is 2. The van der Waals surface area contributed by atoms with E-state index in [-0.39, 0.29) is 24.0 Å². The number of ether oxygens (including phenoxy) is 2. The molecule has 1 aromatic rings. The monoisotopic (exact) mass is 330 g/mol. The summed E-state index contributed by atoms with van der Waals surface area (Å²) in [5, 5.41) is 0.132. The molecule has 1 aliphatic rings. The minimum Gasteiger partial charge on any atom is -0.491 e. The number of hydrogen-bond donors (Lipinski definition) is 2. The van der Waals surface area contributed by atoms with E-state index in [9.17, 15) is 14.0 Å². The molecule has 8 heteroatoms. The van der Waals surface area contributed by atoms with Crippen LogP contribution in [0.2, 0.25) is 5.02 Å². The maximum absolute atomic E-state index is 12.8. The second-order valence-corrected chi connectivity index (χ2v) is 5.12. The lowest BCUT2D eigenvalue weighted by Crippen LogP contribution is -2.46. The fraction of sp³-hybridized carbons (Fsp3) is 0.429. The molecule has 1 saturated heterocycles. The Morgan fingerprint density at radius 3 is 2.91 bits per heavy atom. The van der Waals surface area contributed by atoms with Gasteiger partial charge in [-0.15, -0.1) is 0 Å². The van der Waals surface area contributed by atoms with Gasteiger partial charge in [0.1, 0.15) is 17.7 Å². The molecule has 2 rings (SSSR count). The molecule has 0 bridgehead atoms. The Labute approximate surface area is 131 Å². The van der Waals surface area contributed by atoms with E-state index in [2.05, 4.69) is 10.9 Å². The van der Waals surface area contributed by atoms with E-state index in [1.165, 1.54) is 12.1 Å². The minimum absolute atomic E-state index is 0.0134. The first-order valence-electron chi connectivity index (χ1n) is 6.84. The van der Waals surface area contributed by atoms with Crippen molar-refractivity contribution in [3.63, 3.8) is 0 Å². The SMILES string of the molecule is O=C(CCOc1ccc(F)cc1Cl)NNC(=O)C1CCCO1. The fourth-order valence-electron chi connectivity index (χ4n) is 1.90. The number of rotatable bonds is 5. The summed E-state index contributed by atoms with van der Waals surface area (Å²) in [6, 6.07) is 3.72. The van der Waals surface area contributed by atoms with Gasteiger partial charge in [0, 0.05) is 6.61 Å². The molecule has 1 aliphatic heterocycles. The van der Waals surface area contributed by atoms with Crippen LogP contribution in [0.4, 0.5) is 4.39 Å². The van der Waals surface area contributed by atoms with Gasteiger partial charge in [-0.2, -0.15) is 0 Å². The molecule has 0 radical (unpaired) electrons. The molecule has 1 fully saturated rings. The summed E-state index contributed by atoms with van der Waals surface area (Å²) >= 11 is 5.78. The van der Waals surface area contributed by atoms with Crippen molar-refractivity contribution in [2.24, 2.45) is 0 Å². The van der Waals surface area contributed by atoms with Crippen molar-refractivity contribution in [3.8, 4) is 5.75 Å². The lowest BCUT2D eigenvalue weighted by atomic mass is 10.2. The average molecular weight is 331 g/mol. The van der Waals surface area contributed by atoms with Crippen LogP contribution < -0.4 is 15.6 Å². The molecule has 120 valence electrons. The topological polar surface area (TPSA) is 76.7 Å². The minimum atomic E-state index is -0.505. The summed E-state index contributed by atoms with van der Waals surface area (Å²) in [5.41, 5.74) is 4.58. The largest absolute Gasteiger partial charge is 0.491 e. The predicted molar refractivity (Wildman–Crippen MR) is 76.8 cm³/mol. The van der Waals surface area contributed by atoms with Crippen molar-refractivity contribution in [3.05, 3.63) is 29.0 Å². The molecule has 0 aromatic heterocycles. The van der Waals surface area contributed by atoms with Gasteiger partial charge in [0.15, 0.2) is 0 Å². The van der Waals surface area contributed by atoms with Crippen LogP contribution in [0.15, 0.2) is 18.2 Å².